The van der Waals surface area contributed by atoms with Gasteiger partial charge in [-0.15, -0.1) is 0 Å². The van der Waals surface area contributed by atoms with Crippen molar-refractivity contribution >= 4 is 5.69 Å². The number of nitro benzene ring substituents is 1. The Hall–Kier alpha value is -1.46. The topological polar surface area (TPSA) is 66.6 Å². The fourth-order valence-electron chi connectivity index (χ4n) is 2.80. The molecule has 5 nitrogen and oxygen atoms in total. The van der Waals surface area contributed by atoms with Crippen molar-refractivity contribution in [3.63, 3.8) is 0 Å². The summed E-state index contributed by atoms with van der Waals surface area (Å²) in [4.78, 5) is 13.0. The third-order valence-electron chi connectivity index (χ3n) is 3.76. The van der Waals surface area contributed by atoms with Crippen molar-refractivity contribution in [1.82, 2.24) is 4.90 Å². The van der Waals surface area contributed by atoms with Crippen LogP contribution < -0.4 is 0 Å². The Kier molecular flexibility index (Phi) is 4.87. The predicted octanol–water partition coefficient (Wildman–Crippen LogP) is 2.33. The molecule has 1 fully saturated rings. The zero-order valence-electron chi connectivity index (χ0n) is 11.0. The second-order valence-electron chi connectivity index (χ2n) is 5.02. The fraction of sp³-hybridized carbons (Fsp3) is 0.571. The molecule has 5 heteroatoms. The normalized spacial score (nSPS) is 19.7. The molecule has 0 radical (unpaired) electrons. The van der Waals surface area contributed by atoms with Crippen molar-refractivity contribution in [2.45, 2.75) is 38.3 Å². The van der Waals surface area contributed by atoms with Gasteiger partial charge in [0.1, 0.15) is 0 Å². The zero-order valence-corrected chi connectivity index (χ0v) is 11.0. The second kappa shape index (κ2) is 6.63. The second-order valence-corrected chi connectivity index (χ2v) is 5.02. The summed E-state index contributed by atoms with van der Waals surface area (Å²) >= 11 is 0. The number of likely N-dealkylation sites (tertiary alicyclic amines) is 1. The number of para-hydroxylation sites is 1. The average molecular weight is 264 g/mol. The van der Waals surface area contributed by atoms with Crippen LogP contribution in [0.15, 0.2) is 24.3 Å². The first-order valence-electron chi connectivity index (χ1n) is 6.79. The fourth-order valence-corrected chi connectivity index (χ4v) is 2.80. The summed E-state index contributed by atoms with van der Waals surface area (Å²) in [6.07, 6.45) is 4.03. The molecule has 1 saturated heterocycles. The molecular weight excluding hydrogens is 244 g/mol. The van der Waals surface area contributed by atoms with Crippen molar-refractivity contribution in [3.8, 4) is 0 Å². The molecule has 1 N–H and O–H groups in total. The van der Waals surface area contributed by atoms with Gasteiger partial charge in [-0.2, -0.15) is 0 Å². The SMILES string of the molecule is O=[N+]([O-])c1ccccc1CN1CCCC1CCCO. The number of hydrogen-bond donors (Lipinski definition) is 1. The minimum atomic E-state index is -0.311. The Morgan fingerprint density at radius 1 is 1.42 bits per heavy atom. The maximum Gasteiger partial charge on any atom is 0.273 e. The van der Waals surface area contributed by atoms with Gasteiger partial charge in [0.15, 0.2) is 0 Å². The van der Waals surface area contributed by atoms with Gasteiger partial charge in [-0.3, -0.25) is 15.0 Å². The van der Waals surface area contributed by atoms with Crippen LogP contribution in [0.1, 0.15) is 31.2 Å². The molecular formula is C14H20N2O3. The molecule has 0 aliphatic carbocycles. The van der Waals surface area contributed by atoms with E-state index in [4.69, 9.17) is 5.11 Å². The van der Waals surface area contributed by atoms with Crippen LogP contribution in [0.25, 0.3) is 0 Å². The average Bonchev–Trinajstić information content (AvgIpc) is 2.84. The summed E-state index contributed by atoms with van der Waals surface area (Å²) < 4.78 is 0. The Bertz CT molecular complexity index is 436. The third-order valence-corrected chi connectivity index (χ3v) is 3.76. The highest BCUT2D eigenvalue weighted by molar-refractivity contribution is 5.39. The maximum absolute atomic E-state index is 11.0. The number of aliphatic hydroxyl groups is 1. The first kappa shape index (κ1) is 14.0. The first-order chi connectivity index (χ1) is 9.22. The predicted molar refractivity (Wildman–Crippen MR) is 72.8 cm³/mol. The van der Waals surface area contributed by atoms with Crippen molar-refractivity contribution in [3.05, 3.63) is 39.9 Å². The van der Waals surface area contributed by atoms with Gasteiger partial charge in [0.05, 0.1) is 4.92 Å². The lowest BCUT2D eigenvalue weighted by Crippen LogP contribution is -2.29. The molecule has 0 saturated carbocycles. The molecule has 2 rings (SSSR count). The molecule has 0 spiro atoms. The van der Waals surface area contributed by atoms with E-state index in [9.17, 15) is 10.1 Å². The monoisotopic (exact) mass is 264 g/mol. The molecule has 0 aromatic heterocycles. The summed E-state index contributed by atoms with van der Waals surface area (Å²) in [6, 6.07) is 7.40. The van der Waals surface area contributed by atoms with Gasteiger partial charge in [-0.05, 0) is 32.2 Å². The number of rotatable bonds is 6. The van der Waals surface area contributed by atoms with Crippen LogP contribution in [0.2, 0.25) is 0 Å². The number of benzene rings is 1. The van der Waals surface area contributed by atoms with Gasteiger partial charge < -0.3 is 5.11 Å². The largest absolute Gasteiger partial charge is 0.396 e. The summed E-state index contributed by atoms with van der Waals surface area (Å²) in [6.45, 7) is 1.84. The summed E-state index contributed by atoms with van der Waals surface area (Å²) in [5, 5.41) is 19.9. The van der Waals surface area contributed by atoms with Gasteiger partial charge >= 0.3 is 0 Å². The number of nitrogens with zero attached hydrogens (tertiary/aromatic N) is 2. The molecule has 1 aromatic carbocycles. The molecule has 1 aliphatic rings. The lowest BCUT2D eigenvalue weighted by atomic mass is 10.1. The maximum atomic E-state index is 11.0. The first-order valence-corrected chi connectivity index (χ1v) is 6.79. The highest BCUT2D eigenvalue weighted by Crippen LogP contribution is 2.26. The standard InChI is InChI=1S/C14H20N2O3/c17-10-4-7-13-6-3-9-15(13)11-12-5-1-2-8-14(12)16(18)19/h1-2,5,8,13,17H,3-4,6-7,9-11H2. The Morgan fingerprint density at radius 2 is 2.21 bits per heavy atom. The quantitative estimate of drug-likeness (QED) is 0.632. The van der Waals surface area contributed by atoms with E-state index in [2.05, 4.69) is 4.90 Å². The molecule has 1 atom stereocenters. The van der Waals surface area contributed by atoms with Crippen LogP contribution >= 0.6 is 0 Å². The minimum Gasteiger partial charge on any atom is -0.396 e. The number of nitro groups is 1. The van der Waals surface area contributed by atoms with Gasteiger partial charge in [0, 0.05) is 30.8 Å². The molecule has 1 aromatic rings. The summed E-state index contributed by atoms with van der Waals surface area (Å²) in [7, 11) is 0. The Balaban J connectivity index is 2.05. The molecule has 0 amide bonds. The molecule has 1 unspecified atom stereocenters. The Morgan fingerprint density at radius 3 is 2.95 bits per heavy atom. The van der Waals surface area contributed by atoms with E-state index in [-0.39, 0.29) is 17.2 Å². The van der Waals surface area contributed by atoms with E-state index < -0.39 is 0 Å². The minimum absolute atomic E-state index is 0.204. The Labute approximate surface area is 113 Å². The molecule has 104 valence electrons. The van der Waals surface area contributed by atoms with Crippen LogP contribution in [0.5, 0.6) is 0 Å². The smallest absolute Gasteiger partial charge is 0.273 e. The van der Waals surface area contributed by atoms with Gasteiger partial charge in [0.2, 0.25) is 0 Å². The highest BCUT2D eigenvalue weighted by atomic mass is 16.6. The van der Waals surface area contributed by atoms with Crippen molar-refractivity contribution in [2.75, 3.05) is 13.2 Å². The van der Waals surface area contributed by atoms with E-state index in [1.165, 1.54) is 0 Å². The van der Waals surface area contributed by atoms with Crippen LogP contribution in [-0.4, -0.2) is 34.1 Å². The summed E-state index contributed by atoms with van der Waals surface area (Å²) in [5.74, 6) is 0. The lowest BCUT2D eigenvalue weighted by Gasteiger charge is -2.24. The zero-order chi connectivity index (χ0) is 13.7. The molecule has 1 heterocycles. The van der Waals surface area contributed by atoms with E-state index in [1.807, 2.05) is 12.1 Å². The molecule has 19 heavy (non-hydrogen) atoms. The van der Waals surface area contributed by atoms with Crippen LogP contribution in [0, 0.1) is 10.1 Å². The summed E-state index contributed by atoms with van der Waals surface area (Å²) in [5.41, 5.74) is 0.985. The van der Waals surface area contributed by atoms with E-state index in [1.54, 1.807) is 12.1 Å². The van der Waals surface area contributed by atoms with E-state index in [0.717, 1.165) is 37.8 Å². The van der Waals surface area contributed by atoms with E-state index in [0.29, 0.717) is 12.6 Å². The lowest BCUT2D eigenvalue weighted by molar-refractivity contribution is -0.385. The number of hydrogen-bond acceptors (Lipinski definition) is 4. The van der Waals surface area contributed by atoms with Crippen molar-refractivity contribution in [1.29, 1.82) is 0 Å². The van der Waals surface area contributed by atoms with Crippen LogP contribution in [-0.2, 0) is 6.54 Å². The molecule has 0 bridgehead atoms. The van der Waals surface area contributed by atoms with Gasteiger partial charge in [0.25, 0.3) is 5.69 Å². The van der Waals surface area contributed by atoms with Crippen LogP contribution in [0.4, 0.5) is 5.69 Å². The number of aliphatic hydroxyl groups excluding tert-OH is 1. The van der Waals surface area contributed by atoms with E-state index >= 15 is 0 Å². The van der Waals surface area contributed by atoms with Crippen molar-refractivity contribution in [2.24, 2.45) is 0 Å². The third kappa shape index (κ3) is 3.52. The van der Waals surface area contributed by atoms with Crippen molar-refractivity contribution < 1.29 is 10.0 Å². The highest BCUT2D eigenvalue weighted by Gasteiger charge is 2.26. The van der Waals surface area contributed by atoms with Crippen LogP contribution in [0.3, 0.4) is 0 Å². The van der Waals surface area contributed by atoms with Gasteiger partial charge in [-0.25, -0.2) is 0 Å². The van der Waals surface area contributed by atoms with Gasteiger partial charge in [-0.1, -0.05) is 18.2 Å². The molecule has 1 aliphatic heterocycles.